The third-order valence-corrected chi connectivity index (χ3v) is 5.75. The quantitative estimate of drug-likeness (QED) is 0.588. The van der Waals surface area contributed by atoms with Crippen molar-refractivity contribution in [1.29, 1.82) is 0 Å². The number of carbonyl (C=O) groups is 4. The van der Waals surface area contributed by atoms with Gasteiger partial charge in [0.05, 0.1) is 0 Å². The lowest BCUT2D eigenvalue weighted by atomic mass is 9.92. The highest BCUT2D eigenvalue weighted by molar-refractivity contribution is 6.09. The number of rotatable bonds is 5. The summed E-state index contributed by atoms with van der Waals surface area (Å²) >= 11 is 0. The summed E-state index contributed by atoms with van der Waals surface area (Å²) in [4.78, 5) is 52.6. The number of esters is 1. The maximum Gasteiger partial charge on any atom is 0.326 e. The first-order valence-corrected chi connectivity index (χ1v) is 10.1. The van der Waals surface area contributed by atoms with Gasteiger partial charge >= 0.3 is 12.0 Å². The van der Waals surface area contributed by atoms with Gasteiger partial charge in [-0.2, -0.15) is 0 Å². The number of nitrogens with zero attached hydrogens (tertiary/aromatic N) is 2. The first-order valence-electron chi connectivity index (χ1n) is 10.1. The molecule has 2 aliphatic rings. The van der Waals surface area contributed by atoms with E-state index in [1.807, 2.05) is 31.2 Å². The van der Waals surface area contributed by atoms with E-state index in [0.29, 0.717) is 5.56 Å². The summed E-state index contributed by atoms with van der Waals surface area (Å²) in [6.07, 6.45) is 0.733. The topological polar surface area (TPSA) is 96.0 Å². The molecule has 0 bridgehead atoms. The monoisotopic (exact) mass is 421 g/mol. The SMILES string of the molecule is C[C@H]1Cc2ccccc2N1C(=O)COC(=O)CN1C(=O)N[C@@](C)(c2ccccc2)C1=O. The molecule has 0 radical (unpaired) electrons. The number of urea groups is 1. The number of amides is 4. The molecule has 2 aromatic rings. The fraction of sp³-hybridized carbons (Fsp3) is 0.304. The van der Waals surface area contributed by atoms with E-state index in [2.05, 4.69) is 5.32 Å². The molecule has 0 aliphatic carbocycles. The first-order chi connectivity index (χ1) is 14.8. The average molecular weight is 421 g/mol. The van der Waals surface area contributed by atoms with Crippen molar-refractivity contribution >= 4 is 29.5 Å². The Morgan fingerprint density at radius 3 is 2.52 bits per heavy atom. The van der Waals surface area contributed by atoms with Crippen molar-refractivity contribution in [3.63, 3.8) is 0 Å². The van der Waals surface area contributed by atoms with Crippen molar-refractivity contribution in [1.82, 2.24) is 10.2 Å². The lowest BCUT2D eigenvalue weighted by molar-refractivity contribution is -0.150. The number of fused-ring (bicyclic) bond motifs is 1. The molecular weight excluding hydrogens is 398 g/mol. The van der Waals surface area contributed by atoms with Gasteiger partial charge in [0, 0.05) is 11.7 Å². The van der Waals surface area contributed by atoms with Crippen molar-refractivity contribution < 1.29 is 23.9 Å². The average Bonchev–Trinajstić information content (AvgIpc) is 3.21. The molecule has 2 heterocycles. The van der Waals surface area contributed by atoms with Crippen LogP contribution in [0.1, 0.15) is 25.0 Å². The van der Waals surface area contributed by atoms with Gasteiger partial charge < -0.3 is 15.0 Å². The zero-order valence-corrected chi connectivity index (χ0v) is 17.3. The zero-order valence-electron chi connectivity index (χ0n) is 17.3. The van der Waals surface area contributed by atoms with Gasteiger partial charge in [-0.1, -0.05) is 48.5 Å². The molecule has 1 N–H and O–H groups in total. The number of benzene rings is 2. The Morgan fingerprint density at radius 1 is 1.10 bits per heavy atom. The van der Waals surface area contributed by atoms with Crippen LogP contribution in [0.25, 0.3) is 0 Å². The molecule has 31 heavy (non-hydrogen) atoms. The highest BCUT2D eigenvalue weighted by Gasteiger charge is 2.49. The van der Waals surface area contributed by atoms with Crippen molar-refractivity contribution in [3.05, 3.63) is 65.7 Å². The lowest BCUT2D eigenvalue weighted by Crippen LogP contribution is -2.42. The summed E-state index contributed by atoms with van der Waals surface area (Å²) in [5, 5.41) is 2.63. The Labute approximate surface area is 179 Å². The van der Waals surface area contributed by atoms with Crippen LogP contribution in [0.2, 0.25) is 0 Å². The molecule has 0 saturated carbocycles. The summed E-state index contributed by atoms with van der Waals surface area (Å²) in [5.41, 5.74) is 1.22. The Balaban J connectivity index is 1.38. The van der Waals surface area contributed by atoms with Crippen LogP contribution in [-0.4, -0.2) is 47.9 Å². The van der Waals surface area contributed by atoms with Crippen molar-refractivity contribution in [2.75, 3.05) is 18.1 Å². The van der Waals surface area contributed by atoms with Crippen LogP contribution in [0, 0.1) is 0 Å². The second-order valence-corrected chi connectivity index (χ2v) is 7.92. The molecule has 4 amide bonds. The van der Waals surface area contributed by atoms with Gasteiger partial charge in [0.25, 0.3) is 11.8 Å². The first kappa shape index (κ1) is 20.6. The summed E-state index contributed by atoms with van der Waals surface area (Å²) in [6.45, 7) is 2.49. The van der Waals surface area contributed by atoms with Gasteiger partial charge in [-0.05, 0) is 37.5 Å². The number of ether oxygens (including phenoxy) is 1. The standard InChI is InChI=1S/C23H23N3O5/c1-15-12-16-8-6-7-11-18(16)26(15)19(27)14-31-20(28)13-25-21(29)23(2,24-22(25)30)17-9-4-3-5-10-17/h3-11,15H,12-14H2,1-2H3,(H,24,30)/t15-,23-/m0/s1. The van der Waals surface area contributed by atoms with E-state index in [1.54, 1.807) is 42.2 Å². The van der Waals surface area contributed by atoms with Gasteiger partial charge in [0.15, 0.2) is 6.61 Å². The van der Waals surface area contributed by atoms with Crippen LogP contribution in [0.15, 0.2) is 54.6 Å². The molecule has 4 rings (SSSR count). The normalized spacial score (nSPS) is 22.3. The highest BCUT2D eigenvalue weighted by atomic mass is 16.5. The molecule has 2 aliphatic heterocycles. The van der Waals surface area contributed by atoms with E-state index in [4.69, 9.17) is 4.74 Å². The highest BCUT2D eigenvalue weighted by Crippen LogP contribution is 2.32. The Hall–Kier alpha value is -3.68. The van der Waals surface area contributed by atoms with E-state index in [1.165, 1.54) is 0 Å². The molecule has 0 aromatic heterocycles. The Morgan fingerprint density at radius 2 is 1.77 bits per heavy atom. The minimum atomic E-state index is -1.26. The predicted octanol–water partition coefficient (Wildman–Crippen LogP) is 1.97. The number of hydrogen-bond acceptors (Lipinski definition) is 5. The van der Waals surface area contributed by atoms with Crippen LogP contribution in [0.5, 0.6) is 0 Å². The summed E-state index contributed by atoms with van der Waals surface area (Å²) in [5.74, 6) is -1.72. The van der Waals surface area contributed by atoms with Gasteiger partial charge in [0.1, 0.15) is 12.1 Å². The molecule has 2 atom stereocenters. The molecule has 8 heteroatoms. The Bertz CT molecular complexity index is 1050. The fourth-order valence-corrected chi connectivity index (χ4v) is 4.14. The summed E-state index contributed by atoms with van der Waals surface area (Å²) in [6, 6.07) is 15.7. The van der Waals surface area contributed by atoms with Crippen molar-refractivity contribution in [2.24, 2.45) is 0 Å². The molecule has 0 unspecified atom stereocenters. The maximum absolute atomic E-state index is 12.9. The molecular formula is C23H23N3O5. The molecule has 8 nitrogen and oxygen atoms in total. The largest absolute Gasteiger partial charge is 0.454 e. The van der Waals surface area contributed by atoms with Crippen LogP contribution < -0.4 is 10.2 Å². The van der Waals surface area contributed by atoms with Crippen molar-refractivity contribution in [3.8, 4) is 0 Å². The van der Waals surface area contributed by atoms with E-state index in [9.17, 15) is 19.2 Å². The van der Waals surface area contributed by atoms with Crippen LogP contribution >= 0.6 is 0 Å². The minimum absolute atomic E-state index is 0.0406. The van der Waals surface area contributed by atoms with Crippen molar-refractivity contribution in [2.45, 2.75) is 31.8 Å². The van der Waals surface area contributed by atoms with Gasteiger partial charge in [-0.15, -0.1) is 0 Å². The van der Waals surface area contributed by atoms with Gasteiger partial charge in [0.2, 0.25) is 0 Å². The fourth-order valence-electron chi connectivity index (χ4n) is 4.14. The number of anilines is 1. The summed E-state index contributed by atoms with van der Waals surface area (Å²) in [7, 11) is 0. The summed E-state index contributed by atoms with van der Waals surface area (Å²) < 4.78 is 5.11. The molecule has 2 aromatic carbocycles. The van der Waals surface area contributed by atoms with Crippen LogP contribution in [0.4, 0.5) is 10.5 Å². The van der Waals surface area contributed by atoms with Gasteiger partial charge in [-0.3, -0.25) is 19.3 Å². The number of nitrogens with one attached hydrogen (secondary N) is 1. The smallest absolute Gasteiger partial charge is 0.326 e. The molecule has 0 spiro atoms. The number of carbonyl (C=O) groups excluding carboxylic acids is 4. The molecule has 1 fully saturated rings. The lowest BCUT2D eigenvalue weighted by Gasteiger charge is -2.23. The molecule has 160 valence electrons. The third-order valence-electron chi connectivity index (χ3n) is 5.75. The van der Waals surface area contributed by atoms with E-state index >= 15 is 0 Å². The predicted molar refractivity (Wildman–Crippen MR) is 112 cm³/mol. The van der Waals surface area contributed by atoms with E-state index in [0.717, 1.165) is 22.6 Å². The Kier molecular flexibility index (Phi) is 5.22. The third kappa shape index (κ3) is 3.65. The zero-order chi connectivity index (χ0) is 22.2. The van der Waals surface area contributed by atoms with Crippen LogP contribution in [-0.2, 0) is 31.1 Å². The number of imide groups is 1. The number of para-hydroxylation sites is 1. The minimum Gasteiger partial charge on any atom is -0.454 e. The maximum atomic E-state index is 12.9. The van der Waals surface area contributed by atoms with E-state index < -0.39 is 36.6 Å². The number of hydrogen-bond donors (Lipinski definition) is 1. The van der Waals surface area contributed by atoms with Gasteiger partial charge in [-0.25, -0.2) is 4.79 Å². The second-order valence-electron chi connectivity index (χ2n) is 7.92. The second kappa shape index (κ2) is 7.86. The van der Waals surface area contributed by atoms with E-state index in [-0.39, 0.29) is 11.9 Å². The molecule has 1 saturated heterocycles. The van der Waals surface area contributed by atoms with Crippen LogP contribution in [0.3, 0.4) is 0 Å².